The topological polar surface area (TPSA) is 38.7 Å². The molecule has 5 aromatic carbocycles. The van der Waals surface area contributed by atoms with Crippen LogP contribution < -0.4 is 0 Å². The molecule has 0 aliphatic rings. The van der Waals surface area contributed by atoms with E-state index in [-0.39, 0.29) is 0 Å². The molecule has 0 aliphatic carbocycles. The van der Waals surface area contributed by atoms with Crippen LogP contribution in [0.15, 0.2) is 133 Å². The monoisotopic (exact) mass is 495 g/mol. The van der Waals surface area contributed by atoms with Gasteiger partial charge >= 0.3 is 0 Å². The quantitative estimate of drug-likeness (QED) is 0.240. The number of hydrogen-bond acceptors (Lipinski definition) is 3. The molecule has 0 amide bonds. The third-order valence-corrected chi connectivity index (χ3v) is 6.53. The zero-order valence-electron chi connectivity index (χ0n) is 19.9. The first-order chi connectivity index (χ1) is 18.3. The zero-order chi connectivity index (χ0) is 25.0. The second-order valence-corrected chi connectivity index (χ2v) is 9.06. The number of nitrogens with zero attached hydrogens (tertiary/aromatic N) is 3. The van der Waals surface area contributed by atoms with Gasteiger partial charge in [0.25, 0.3) is 0 Å². The van der Waals surface area contributed by atoms with Crippen molar-refractivity contribution in [3.8, 4) is 56.4 Å². The zero-order valence-corrected chi connectivity index (χ0v) is 20.7. The molecule has 0 spiro atoms. The van der Waals surface area contributed by atoms with E-state index in [2.05, 4.69) is 30.3 Å². The van der Waals surface area contributed by atoms with Crippen LogP contribution in [0.2, 0.25) is 5.02 Å². The number of benzene rings is 5. The minimum Gasteiger partial charge on any atom is -0.208 e. The molecule has 0 saturated heterocycles. The molecule has 0 fully saturated rings. The fourth-order valence-corrected chi connectivity index (χ4v) is 4.66. The van der Waals surface area contributed by atoms with Crippen molar-refractivity contribution in [3.63, 3.8) is 0 Å². The molecule has 3 nitrogen and oxygen atoms in total. The Balaban J connectivity index is 1.64. The summed E-state index contributed by atoms with van der Waals surface area (Å²) in [6.45, 7) is 0. The number of rotatable bonds is 5. The van der Waals surface area contributed by atoms with Gasteiger partial charge in [0, 0.05) is 27.3 Å². The fourth-order valence-electron chi connectivity index (χ4n) is 4.38. The van der Waals surface area contributed by atoms with E-state index in [9.17, 15) is 0 Å². The van der Waals surface area contributed by atoms with Crippen LogP contribution in [-0.4, -0.2) is 15.0 Å². The predicted molar refractivity (Wildman–Crippen MR) is 152 cm³/mol. The summed E-state index contributed by atoms with van der Waals surface area (Å²) >= 11 is 6.87. The largest absolute Gasteiger partial charge is 0.208 e. The van der Waals surface area contributed by atoms with Crippen LogP contribution >= 0.6 is 11.6 Å². The van der Waals surface area contributed by atoms with E-state index in [1.54, 1.807) is 0 Å². The smallest absolute Gasteiger partial charge is 0.164 e. The molecule has 37 heavy (non-hydrogen) atoms. The normalized spacial score (nSPS) is 10.8. The maximum atomic E-state index is 6.87. The summed E-state index contributed by atoms with van der Waals surface area (Å²) in [5.41, 5.74) is 6.74. The molecular formula is C33H22ClN3. The highest BCUT2D eigenvalue weighted by molar-refractivity contribution is 6.34. The number of hydrogen-bond donors (Lipinski definition) is 0. The van der Waals surface area contributed by atoms with Crippen molar-refractivity contribution in [2.24, 2.45) is 0 Å². The van der Waals surface area contributed by atoms with Crippen LogP contribution in [0.5, 0.6) is 0 Å². The highest BCUT2D eigenvalue weighted by Gasteiger charge is 2.18. The van der Waals surface area contributed by atoms with Gasteiger partial charge in [0.1, 0.15) is 0 Å². The average molecular weight is 496 g/mol. The van der Waals surface area contributed by atoms with Crippen molar-refractivity contribution in [1.82, 2.24) is 15.0 Å². The summed E-state index contributed by atoms with van der Waals surface area (Å²) in [5, 5.41) is 0.675. The summed E-state index contributed by atoms with van der Waals surface area (Å²) in [5.74, 6) is 1.85. The highest BCUT2D eigenvalue weighted by atomic mass is 35.5. The molecule has 0 unspecified atom stereocenters. The lowest BCUT2D eigenvalue weighted by molar-refractivity contribution is 1.07. The van der Waals surface area contributed by atoms with E-state index >= 15 is 0 Å². The first-order valence-electron chi connectivity index (χ1n) is 12.1. The van der Waals surface area contributed by atoms with Gasteiger partial charge in [0.05, 0.1) is 0 Å². The summed E-state index contributed by atoms with van der Waals surface area (Å²) in [6.07, 6.45) is 0. The third kappa shape index (κ3) is 4.77. The Morgan fingerprint density at radius 2 is 0.730 bits per heavy atom. The molecule has 0 atom stereocenters. The van der Waals surface area contributed by atoms with Crippen LogP contribution in [0.1, 0.15) is 0 Å². The molecule has 0 radical (unpaired) electrons. The summed E-state index contributed by atoms with van der Waals surface area (Å²) in [7, 11) is 0. The van der Waals surface area contributed by atoms with Crippen LogP contribution in [0, 0.1) is 0 Å². The molecule has 0 saturated carbocycles. The van der Waals surface area contributed by atoms with Gasteiger partial charge in [0.2, 0.25) is 0 Å². The molecule has 0 aliphatic heterocycles. The molecule has 176 valence electrons. The maximum Gasteiger partial charge on any atom is 0.164 e. The van der Waals surface area contributed by atoms with Gasteiger partial charge in [-0.3, -0.25) is 0 Å². The van der Waals surface area contributed by atoms with E-state index in [4.69, 9.17) is 26.6 Å². The minimum absolute atomic E-state index is 0.598. The van der Waals surface area contributed by atoms with Gasteiger partial charge in [-0.2, -0.15) is 0 Å². The van der Waals surface area contributed by atoms with E-state index < -0.39 is 0 Å². The molecule has 1 aromatic heterocycles. The molecule has 4 heteroatoms. The second kappa shape index (κ2) is 10.2. The Hall–Kier alpha value is -4.60. The molecule has 0 N–H and O–H groups in total. The van der Waals surface area contributed by atoms with Gasteiger partial charge in [-0.05, 0) is 28.8 Å². The van der Waals surface area contributed by atoms with Crippen molar-refractivity contribution in [3.05, 3.63) is 138 Å². The van der Waals surface area contributed by atoms with E-state index in [1.807, 2.05) is 103 Å². The lowest BCUT2D eigenvalue weighted by Gasteiger charge is -2.15. The fraction of sp³-hybridized carbons (Fsp3) is 0. The molecule has 0 bridgehead atoms. The minimum atomic E-state index is 0.598. The number of aromatic nitrogens is 3. The molecular weight excluding hydrogens is 474 g/mol. The Morgan fingerprint density at radius 3 is 1.19 bits per heavy atom. The van der Waals surface area contributed by atoms with Crippen LogP contribution in [0.25, 0.3) is 56.4 Å². The second-order valence-electron chi connectivity index (χ2n) is 8.65. The number of halogens is 1. The Labute approximate surface area is 221 Å². The lowest BCUT2D eigenvalue weighted by Crippen LogP contribution is -2.01. The SMILES string of the molecule is Clc1cc(-c2ccccc2)c(-c2nc(-c3ccccc3)nc(-c3ccccc3)n2)cc1-c1ccccc1. The standard InChI is InChI=1S/C33H22ClN3/c34-30-22-27(23-13-5-1-6-14-23)29(21-28(30)24-15-7-2-8-16-24)33-36-31(25-17-9-3-10-18-25)35-32(37-33)26-19-11-4-12-20-26/h1-22H. The summed E-state index contributed by atoms with van der Waals surface area (Å²) < 4.78 is 0. The van der Waals surface area contributed by atoms with Gasteiger partial charge in [-0.1, -0.05) is 133 Å². The molecule has 6 aromatic rings. The predicted octanol–water partition coefficient (Wildman–Crippen LogP) is 8.86. The first-order valence-corrected chi connectivity index (χ1v) is 12.5. The molecule has 1 heterocycles. The summed E-state index contributed by atoms with van der Waals surface area (Å²) in [6, 6.07) is 44.5. The van der Waals surface area contributed by atoms with E-state index in [0.717, 1.165) is 38.9 Å². The Bertz CT molecular complexity index is 1600. The van der Waals surface area contributed by atoms with Crippen molar-refractivity contribution in [1.29, 1.82) is 0 Å². The van der Waals surface area contributed by atoms with Gasteiger partial charge in [-0.25, -0.2) is 15.0 Å². The van der Waals surface area contributed by atoms with Crippen LogP contribution in [-0.2, 0) is 0 Å². The third-order valence-electron chi connectivity index (χ3n) is 6.22. The first kappa shape index (κ1) is 22.8. The molecule has 6 rings (SSSR count). The van der Waals surface area contributed by atoms with Crippen LogP contribution in [0.3, 0.4) is 0 Å². The summed E-state index contributed by atoms with van der Waals surface area (Å²) in [4.78, 5) is 14.8. The van der Waals surface area contributed by atoms with Gasteiger partial charge < -0.3 is 0 Å². The van der Waals surface area contributed by atoms with E-state index in [1.165, 1.54) is 0 Å². The van der Waals surface area contributed by atoms with E-state index in [0.29, 0.717) is 22.5 Å². The Kier molecular flexibility index (Phi) is 6.28. The van der Waals surface area contributed by atoms with Crippen molar-refractivity contribution < 1.29 is 0 Å². The van der Waals surface area contributed by atoms with Crippen molar-refractivity contribution >= 4 is 11.6 Å². The van der Waals surface area contributed by atoms with Crippen molar-refractivity contribution in [2.45, 2.75) is 0 Å². The lowest BCUT2D eigenvalue weighted by atomic mass is 9.94. The highest BCUT2D eigenvalue weighted by Crippen LogP contribution is 2.39. The van der Waals surface area contributed by atoms with Gasteiger partial charge in [0.15, 0.2) is 17.5 Å². The van der Waals surface area contributed by atoms with Crippen LogP contribution in [0.4, 0.5) is 0 Å². The Morgan fingerprint density at radius 1 is 0.351 bits per heavy atom. The maximum absolute atomic E-state index is 6.87. The van der Waals surface area contributed by atoms with Gasteiger partial charge in [-0.15, -0.1) is 0 Å². The van der Waals surface area contributed by atoms with Crippen molar-refractivity contribution in [2.75, 3.05) is 0 Å². The average Bonchev–Trinajstić information content (AvgIpc) is 2.98.